The SMILES string of the molecule is Cc1ccc(S(=O)(=O)Oc2c(C)c(=O)oc3cc(C)n(C4CC4)c(=O)c23)cc1. The molecule has 0 aliphatic heterocycles. The van der Waals surface area contributed by atoms with Crippen molar-refractivity contribution in [3.63, 3.8) is 0 Å². The zero-order chi connectivity index (χ0) is 20.2. The number of rotatable bonds is 4. The molecular formula is C20H19NO6S. The fourth-order valence-corrected chi connectivity index (χ4v) is 4.21. The van der Waals surface area contributed by atoms with Gasteiger partial charge >= 0.3 is 15.7 Å². The van der Waals surface area contributed by atoms with E-state index in [-0.39, 0.29) is 33.2 Å². The van der Waals surface area contributed by atoms with Crippen molar-refractivity contribution < 1.29 is 17.0 Å². The Bertz CT molecular complexity index is 1310. The van der Waals surface area contributed by atoms with Gasteiger partial charge in [-0.2, -0.15) is 8.42 Å². The summed E-state index contributed by atoms with van der Waals surface area (Å²) in [5, 5.41) is -0.0368. The first-order chi connectivity index (χ1) is 13.2. The minimum Gasteiger partial charge on any atom is -0.422 e. The normalized spacial score (nSPS) is 14.4. The molecular weight excluding hydrogens is 382 g/mol. The minimum atomic E-state index is -4.23. The maximum absolute atomic E-state index is 13.1. The Labute approximate surface area is 161 Å². The molecule has 1 fully saturated rings. The minimum absolute atomic E-state index is 0.0177. The Morgan fingerprint density at radius 1 is 1.07 bits per heavy atom. The van der Waals surface area contributed by atoms with Gasteiger partial charge in [-0.3, -0.25) is 4.79 Å². The lowest BCUT2D eigenvalue weighted by molar-refractivity contribution is 0.477. The Kier molecular flexibility index (Phi) is 4.19. The first kappa shape index (κ1) is 18.5. The van der Waals surface area contributed by atoms with Gasteiger partial charge in [0.1, 0.15) is 15.9 Å². The summed E-state index contributed by atoms with van der Waals surface area (Å²) in [5.74, 6) is -0.272. The summed E-state index contributed by atoms with van der Waals surface area (Å²) < 4.78 is 37.7. The van der Waals surface area contributed by atoms with Crippen LogP contribution in [0, 0.1) is 20.8 Å². The zero-order valence-electron chi connectivity index (χ0n) is 15.7. The average Bonchev–Trinajstić information content (AvgIpc) is 3.44. The van der Waals surface area contributed by atoms with Crippen molar-refractivity contribution in [1.29, 1.82) is 0 Å². The zero-order valence-corrected chi connectivity index (χ0v) is 16.5. The molecule has 0 atom stereocenters. The molecule has 2 heterocycles. The van der Waals surface area contributed by atoms with E-state index >= 15 is 0 Å². The molecule has 7 nitrogen and oxygen atoms in total. The molecule has 146 valence electrons. The van der Waals surface area contributed by atoms with Crippen molar-refractivity contribution in [2.75, 3.05) is 0 Å². The first-order valence-electron chi connectivity index (χ1n) is 8.90. The Morgan fingerprint density at radius 3 is 2.32 bits per heavy atom. The Morgan fingerprint density at radius 2 is 1.71 bits per heavy atom. The lowest BCUT2D eigenvalue weighted by atomic mass is 10.2. The molecule has 28 heavy (non-hydrogen) atoms. The first-order valence-corrected chi connectivity index (χ1v) is 10.3. The summed E-state index contributed by atoms with van der Waals surface area (Å²) in [6.45, 7) is 4.97. The highest BCUT2D eigenvalue weighted by molar-refractivity contribution is 7.87. The van der Waals surface area contributed by atoms with Crippen LogP contribution in [0.4, 0.5) is 0 Å². The fourth-order valence-electron chi connectivity index (χ4n) is 3.22. The number of aryl methyl sites for hydroxylation is 2. The molecule has 0 unspecified atom stereocenters. The molecule has 0 amide bonds. The van der Waals surface area contributed by atoms with Gasteiger partial charge in [0.15, 0.2) is 5.75 Å². The van der Waals surface area contributed by atoms with Gasteiger partial charge in [0.2, 0.25) is 0 Å². The number of nitrogens with zero attached hydrogens (tertiary/aromatic N) is 1. The predicted molar refractivity (Wildman–Crippen MR) is 103 cm³/mol. The largest absolute Gasteiger partial charge is 0.422 e. The maximum atomic E-state index is 13.1. The number of hydrogen-bond acceptors (Lipinski definition) is 6. The summed E-state index contributed by atoms with van der Waals surface area (Å²) in [6, 6.07) is 7.76. The molecule has 1 aliphatic carbocycles. The van der Waals surface area contributed by atoms with Gasteiger partial charge in [-0.1, -0.05) is 17.7 Å². The van der Waals surface area contributed by atoms with Gasteiger partial charge in [0.25, 0.3) is 5.56 Å². The maximum Gasteiger partial charge on any atom is 0.342 e. The highest BCUT2D eigenvalue weighted by atomic mass is 32.2. The topological polar surface area (TPSA) is 95.6 Å². The van der Waals surface area contributed by atoms with Crippen LogP contribution in [0.5, 0.6) is 5.75 Å². The highest BCUT2D eigenvalue weighted by Crippen LogP contribution is 2.36. The van der Waals surface area contributed by atoms with Crippen molar-refractivity contribution >= 4 is 21.1 Å². The molecule has 0 N–H and O–H groups in total. The lowest BCUT2D eigenvalue weighted by Crippen LogP contribution is -2.24. The summed E-state index contributed by atoms with van der Waals surface area (Å²) in [6.07, 6.45) is 1.75. The number of hydrogen-bond donors (Lipinski definition) is 0. The van der Waals surface area contributed by atoms with Crippen LogP contribution < -0.4 is 15.4 Å². The van der Waals surface area contributed by atoms with E-state index in [1.807, 2.05) is 6.92 Å². The van der Waals surface area contributed by atoms with Crippen molar-refractivity contribution in [3.8, 4) is 5.75 Å². The predicted octanol–water partition coefficient (Wildman–Crippen LogP) is 2.98. The van der Waals surface area contributed by atoms with E-state index in [0.29, 0.717) is 5.69 Å². The van der Waals surface area contributed by atoms with E-state index in [0.717, 1.165) is 18.4 Å². The summed E-state index contributed by atoms with van der Waals surface area (Å²) in [4.78, 5) is 25.3. The Balaban J connectivity index is 1.96. The second kappa shape index (κ2) is 6.34. The molecule has 8 heteroatoms. The summed E-state index contributed by atoms with van der Waals surface area (Å²) in [5.41, 5.74) is 0.335. The Hall–Kier alpha value is -2.87. The second-order valence-corrected chi connectivity index (χ2v) is 8.67. The summed E-state index contributed by atoms with van der Waals surface area (Å²) >= 11 is 0. The number of fused-ring (bicyclic) bond motifs is 1. The summed E-state index contributed by atoms with van der Waals surface area (Å²) in [7, 11) is -4.23. The number of benzene rings is 1. The molecule has 0 saturated heterocycles. The van der Waals surface area contributed by atoms with Crippen LogP contribution in [0.25, 0.3) is 11.0 Å². The fraction of sp³-hybridized carbons (Fsp3) is 0.300. The quantitative estimate of drug-likeness (QED) is 0.624. The molecule has 1 saturated carbocycles. The van der Waals surface area contributed by atoms with Gasteiger partial charge in [-0.05, 0) is 45.7 Å². The van der Waals surface area contributed by atoms with E-state index in [9.17, 15) is 18.0 Å². The van der Waals surface area contributed by atoms with Gasteiger partial charge < -0.3 is 13.2 Å². The molecule has 0 spiro atoms. The van der Waals surface area contributed by atoms with E-state index < -0.39 is 21.3 Å². The second-order valence-electron chi connectivity index (χ2n) is 7.13. The van der Waals surface area contributed by atoms with Gasteiger partial charge in [-0.15, -0.1) is 0 Å². The van der Waals surface area contributed by atoms with E-state index in [2.05, 4.69) is 0 Å². The lowest BCUT2D eigenvalue weighted by Gasteiger charge is -2.14. The van der Waals surface area contributed by atoms with Crippen LogP contribution in [-0.2, 0) is 10.1 Å². The van der Waals surface area contributed by atoms with E-state index in [1.165, 1.54) is 19.1 Å². The van der Waals surface area contributed by atoms with Crippen molar-refractivity contribution in [1.82, 2.24) is 4.57 Å². The third-order valence-corrected chi connectivity index (χ3v) is 6.13. The van der Waals surface area contributed by atoms with E-state index in [1.54, 1.807) is 29.7 Å². The molecule has 0 radical (unpaired) electrons. The van der Waals surface area contributed by atoms with Crippen LogP contribution in [0.15, 0.2) is 49.2 Å². The average molecular weight is 401 g/mol. The van der Waals surface area contributed by atoms with E-state index in [4.69, 9.17) is 8.60 Å². The van der Waals surface area contributed by atoms with Gasteiger partial charge in [0, 0.05) is 17.8 Å². The molecule has 3 aromatic rings. The van der Waals surface area contributed by atoms with Gasteiger partial charge in [0.05, 0.1) is 5.56 Å². The third kappa shape index (κ3) is 3.03. The van der Waals surface area contributed by atoms with Crippen molar-refractivity contribution in [3.05, 3.63) is 67.9 Å². The van der Waals surface area contributed by atoms with Crippen LogP contribution in [0.2, 0.25) is 0 Å². The number of pyridine rings is 1. The van der Waals surface area contributed by atoms with Crippen LogP contribution in [-0.4, -0.2) is 13.0 Å². The standard InChI is InChI=1S/C20H19NO6S/c1-11-4-8-15(9-5-11)28(24,25)27-18-13(3)20(23)26-16-10-12(2)21(14-6-7-14)19(22)17(16)18/h4-5,8-10,14H,6-7H2,1-3H3. The highest BCUT2D eigenvalue weighted by Gasteiger charge is 2.30. The molecule has 0 bridgehead atoms. The third-order valence-electron chi connectivity index (χ3n) is 4.89. The van der Waals surface area contributed by atoms with Crippen LogP contribution in [0.3, 0.4) is 0 Å². The molecule has 1 aliphatic rings. The molecule has 2 aromatic heterocycles. The molecule has 1 aromatic carbocycles. The molecule has 4 rings (SSSR count). The van der Waals surface area contributed by atoms with Crippen molar-refractivity contribution in [2.45, 2.75) is 44.6 Å². The van der Waals surface area contributed by atoms with Crippen LogP contribution >= 0.6 is 0 Å². The van der Waals surface area contributed by atoms with Crippen LogP contribution in [0.1, 0.15) is 35.7 Å². The van der Waals surface area contributed by atoms with Crippen molar-refractivity contribution in [2.24, 2.45) is 0 Å². The smallest absolute Gasteiger partial charge is 0.342 e. The monoisotopic (exact) mass is 401 g/mol. The number of aromatic nitrogens is 1. The van der Waals surface area contributed by atoms with Gasteiger partial charge in [-0.25, -0.2) is 4.79 Å².